The fourth-order valence-electron chi connectivity index (χ4n) is 2.55. The molecule has 0 aromatic carbocycles. The van der Waals surface area contributed by atoms with Crippen molar-refractivity contribution in [3.8, 4) is 0 Å². The molecule has 104 valence electrons. The van der Waals surface area contributed by atoms with Gasteiger partial charge in [0.05, 0.1) is 18.6 Å². The summed E-state index contributed by atoms with van der Waals surface area (Å²) < 4.78 is 0. The fraction of sp³-hybridized carbons (Fsp3) is 0.538. The first-order valence-electron chi connectivity index (χ1n) is 6.42. The molecule has 0 spiro atoms. The molecule has 19 heavy (non-hydrogen) atoms. The van der Waals surface area contributed by atoms with Crippen LogP contribution in [0.15, 0.2) is 11.4 Å². The van der Waals surface area contributed by atoms with E-state index in [-0.39, 0.29) is 30.4 Å². The topological polar surface area (TPSA) is 75.4 Å². The lowest BCUT2D eigenvalue weighted by Crippen LogP contribution is -2.59. The number of amides is 2. The number of piperazine rings is 1. The van der Waals surface area contributed by atoms with Crippen molar-refractivity contribution in [3.05, 3.63) is 21.9 Å². The zero-order valence-electron chi connectivity index (χ0n) is 11.2. The average molecular weight is 281 g/mol. The van der Waals surface area contributed by atoms with Crippen LogP contribution in [0.4, 0.5) is 0 Å². The lowest BCUT2D eigenvalue weighted by atomic mass is 10.0. The van der Waals surface area contributed by atoms with E-state index in [1.165, 1.54) is 0 Å². The molecule has 1 aliphatic rings. The Morgan fingerprint density at radius 3 is 2.84 bits per heavy atom. The quantitative estimate of drug-likeness (QED) is 0.800. The second-order valence-electron chi connectivity index (χ2n) is 4.73. The number of hydrogen-bond donors (Lipinski definition) is 2. The maximum absolute atomic E-state index is 11.9. The minimum Gasteiger partial charge on any atom is -0.329 e. The number of carbonyl (C=O) groups excluding carboxylic acids is 2. The number of aryl methyl sites for hydroxylation is 1. The highest BCUT2D eigenvalue weighted by molar-refractivity contribution is 7.10. The molecule has 2 unspecified atom stereocenters. The summed E-state index contributed by atoms with van der Waals surface area (Å²) in [5, 5.41) is 4.41. The number of hydrogen-bond acceptors (Lipinski definition) is 5. The van der Waals surface area contributed by atoms with E-state index in [2.05, 4.69) is 5.32 Å². The summed E-state index contributed by atoms with van der Waals surface area (Å²) in [6.45, 7) is 4.60. The van der Waals surface area contributed by atoms with Crippen LogP contribution in [0, 0.1) is 6.92 Å². The third-order valence-corrected chi connectivity index (χ3v) is 4.63. The van der Waals surface area contributed by atoms with E-state index in [9.17, 15) is 9.59 Å². The summed E-state index contributed by atoms with van der Waals surface area (Å²) in [5.41, 5.74) is 7.05. The fourth-order valence-corrected chi connectivity index (χ4v) is 3.61. The Kier molecular flexibility index (Phi) is 4.34. The molecule has 2 amide bonds. The predicted octanol–water partition coefficient (Wildman–Crippen LogP) is 0.793. The predicted molar refractivity (Wildman–Crippen MR) is 74.8 cm³/mol. The lowest BCUT2D eigenvalue weighted by Gasteiger charge is -2.38. The van der Waals surface area contributed by atoms with Crippen LogP contribution >= 0.6 is 11.3 Å². The highest BCUT2D eigenvalue weighted by Crippen LogP contribution is 2.30. The molecule has 1 aromatic heterocycles. The average Bonchev–Trinajstić information content (AvgIpc) is 2.76. The number of nitrogens with one attached hydrogen (secondary N) is 1. The van der Waals surface area contributed by atoms with Gasteiger partial charge in [0.15, 0.2) is 0 Å². The molecule has 2 rings (SSSR count). The second kappa shape index (κ2) is 5.81. The molecule has 5 nitrogen and oxygen atoms in total. The molecule has 2 heterocycles. The number of rotatable bonds is 4. The van der Waals surface area contributed by atoms with Crippen LogP contribution in [-0.2, 0) is 9.59 Å². The Labute approximate surface area is 116 Å². The standard InChI is InChI=1S/C13H19N3O2S/c1-3-9-13(18)15-11(17)7-16(9)10(6-14)12-8(2)4-5-19-12/h4-5,9-10H,3,6-7,14H2,1-2H3,(H,15,17,18). The number of thiophene rings is 1. The maximum Gasteiger partial charge on any atom is 0.243 e. The zero-order valence-corrected chi connectivity index (χ0v) is 12.0. The summed E-state index contributed by atoms with van der Waals surface area (Å²) in [6, 6.07) is 1.68. The van der Waals surface area contributed by atoms with Gasteiger partial charge in [0.25, 0.3) is 0 Å². The molecule has 1 saturated heterocycles. The van der Waals surface area contributed by atoms with Gasteiger partial charge in [0, 0.05) is 11.4 Å². The van der Waals surface area contributed by atoms with Gasteiger partial charge in [-0.25, -0.2) is 0 Å². The SMILES string of the molecule is CCC1C(=O)NC(=O)CN1C(CN)c1sccc1C. The zero-order chi connectivity index (χ0) is 14.0. The van der Waals surface area contributed by atoms with Crippen molar-refractivity contribution in [2.24, 2.45) is 5.73 Å². The smallest absolute Gasteiger partial charge is 0.243 e. The Morgan fingerprint density at radius 1 is 1.58 bits per heavy atom. The number of carbonyl (C=O) groups is 2. The van der Waals surface area contributed by atoms with Crippen molar-refractivity contribution in [3.63, 3.8) is 0 Å². The molecule has 3 N–H and O–H groups in total. The van der Waals surface area contributed by atoms with E-state index in [1.54, 1.807) is 11.3 Å². The van der Waals surface area contributed by atoms with Gasteiger partial charge in [-0.1, -0.05) is 6.92 Å². The molecular weight excluding hydrogens is 262 g/mol. The van der Waals surface area contributed by atoms with E-state index >= 15 is 0 Å². The Bertz CT molecular complexity index is 486. The molecule has 1 aromatic rings. The summed E-state index contributed by atoms with van der Waals surface area (Å²) in [6.07, 6.45) is 0.667. The van der Waals surface area contributed by atoms with E-state index in [0.717, 1.165) is 10.4 Å². The van der Waals surface area contributed by atoms with Gasteiger partial charge in [0.2, 0.25) is 11.8 Å². The van der Waals surface area contributed by atoms with Gasteiger partial charge in [-0.3, -0.25) is 19.8 Å². The van der Waals surface area contributed by atoms with Crippen molar-refractivity contribution in [2.45, 2.75) is 32.4 Å². The van der Waals surface area contributed by atoms with E-state index in [0.29, 0.717) is 13.0 Å². The van der Waals surface area contributed by atoms with Crippen molar-refractivity contribution < 1.29 is 9.59 Å². The van der Waals surface area contributed by atoms with Crippen LogP contribution < -0.4 is 11.1 Å². The molecule has 2 atom stereocenters. The summed E-state index contributed by atoms with van der Waals surface area (Å²) >= 11 is 1.63. The van der Waals surface area contributed by atoms with Crippen LogP contribution in [0.5, 0.6) is 0 Å². The van der Waals surface area contributed by atoms with Crippen molar-refractivity contribution in [1.82, 2.24) is 10.2 Å². The Balaban J connectivity index is 2.32. The van der Waals surface area contributed by atoms with E-state index < -0.39 is 0 Å². The normalized spacial score (nSPS) is 22.4. The molecular formula is C13H19N3O2S. The van der Waals surface area contributed by atoms with Gasteiger partial charge in [-0.2, -0.15) is 0 Å². The monoisotopic (exact) mass is 281 g/mol. The van der Waals surface area contributed by atoms with Crippen LogP contribution in [0.3, 0.4) is 0 Å². The van der Waals surface area contributed by atoms with Gasteiger partial charge in [-0.15, -0.1) is 11.3 Å². The number of imide groups is 1. The molecule has 6 heteroatoms. The first-order chi connectivity index (χ1) is 9.08. The van der Waals surface area contributed by atoms with E-state index in [4.69, 9.17) is 5.73 Å². The van der Waals surface area contributed by atoms with Crippen molar-refractivity contribution in [1.29, 1.82) is 0 Å². The van der Waals surface area contributed by atoms with Crippen LogP contribution in [0.25, 0.3) is 0 Å². The number of nitrogens with zero attached hydrogens (tertiary/aromatic N) is 1. The third-order valence-electron chi connectivity index (χ3n) is 3.51. The minimum atomic E-state index is -0.284. The van der Waals surface area contributed by atoms with Gasteiger partial charge < -0.3 is 5.73 Å². The molecule has 0 saturated carbocycles. The molecule has 0 bridgehead atoms. The summed E-state index contributed by atoms with van der Waals surface area (Å²) in [5.74, 6) is -0.464. The van der Waals surface area contributed by atoms with Crippen LogP contribution in [-0.4, -0.2) is 35.8 Å². The largest absolute Gasteiger partial charge is 0.329 e. The highest BCUT2D eigenvalue weighted by Gasteiger charge is 2.37. The first-order valence-corrected chi connectivity index (χ1v) is 7.30. The van der Waals surface area contributed by atoms with Gasteiger partial charge >= 0.3 is 0 Å². The third kappa shape index (κ3) is 2.70. The Hall–Kier alpha value is -1.24. The summed E-state index contributed by atoms with van der Waals surface area (Å²) in [7, 11) is 0. The summed E-state index contributed by atoms with van der Waals surface area (Å²) in [4.78, 5) is 26.6. The Morgan fingerprint density at radius 2 is 2.32 bits per heavy atom. The van der Waals surface area contributed by atoms with E-state index in [1.807, 2.05) is 30.2 Å². The van der Waals surface area contributed by atoms with Crippen LogP contribution in [0.1, 0.15) is 29.8 Å². The van der Waals surface area contributed by atoms with Crippen LogP contribution in [0.2, 0.25) is 0 Å². The number of nitrogens with two attached hydrogens (primary N) is 1. The maximum atomic E-state index is 11.9. The van der Waals surface area contributed by atoms with Gasteiger partial charge in [-0.05, 0) is 30.4 Å². The lowest BCUT2D eigenvalue weighted by molar-refractivity contribution is -0.141. The van der Waals surface area contributed by atoms with Crippen molar-refractivity contribution in [2.75, 3.05) is 13.1 Å². The minimum absolute atomic E-state index is 0.0695. The molecule has 0 aliphatic carbocycles. The highest BCUT2D eigenvalue weighted by atomic mass is 32.1. The molecule has 0 radical (unpaired) electrons. The first kappa shape index (κ1) is 14.2. The van der Waals surface area contributed by atoms with Gasteiger partial charge in [0.1, 0.15) is 0 Å². The molecule has 1 fully saturated rings. The molecule has 1 aliphatic heterocycles. The van der Waals surface area contributed by atoms with Crippen molar-refractivity contribution >= 4 is 23.2 Å². The second-order valence-corrected chi connectivity index (χ2v) is 5.68.